The molecule has 1 aliphatic heterocycles. The monoisotopic (exact) mass is 302 g/mol. The van der Waals surface area contributed by atoms with Crippen LogP contribution in [0.3, 0.4) is 0 Å². The van der Waals surface area contributed by atoms with Crippen molar-refractivity contribution in [3.8, 4) is 0 Å². The van der Waals surface area contributed by atoms with E-state index in [1.54, 1.807) is 4.90 Å². The van der Waals surface area contributed by atoms with Gasteiger partial charge in [-0.05, 0) is 37.3 Å². The molecule has 1 atom stereocenters. The van der Waals surface area contributed by atoms with Crippen molar-refractivity contribution >= 4 is 17.0 Å². The number of aliphatic hydroxyl groups excluding tert-OH is 1. The third kappa shape index (κ3) is 2.57. The largest absolute Gasteiger partial charge is 0.453 e. The van der Waals surface area contributed by atoms with Crippen LogP contribution in [-0.4, -0.2) is 41.3 Å². The first-order valence-electron chi connectivity index (χ1n) is 7.81. The second-order valence-electron chi connectivity index (χ2n) is 5.71. The number of carbonyl (C=O) groups is 1. The number of benzene rings is 1. The lowest BCUT2D eigenvalue weighted by Crippen LogP contribution is -2.40. The zero-order valence-corrected chi connectivity index (χ0v) is 12.8. The number of fused-ring (bicyclic) bond motifs is 3. The Morgan fingerprint density at radius 2 is 2.23 bits per heavy atom. The molecule has 0 saturated heterocycles. The van der Waals surface area contributed by atoms with Crippen molar-refractivity contribution in [1.82, 2.24) is 9.88 Å². The minimum Gasteiger partial charge on any atom is -0.453 e. The summed E-state index contributed by atoms with van der Waals surface area (Å²) in [5.74, 6) is 0. The molecule has 1 aromatic heterocycles. The van der Waals surface area contributed by atoms with E-state index in [1.807, 2.05) is 12.1 Å². The van der Waals surface area contributed by atoms with E-state index in [4.69, 9.17) is 9.84 Å². The lowest BCUT2D eigenvalue weighted by atomic mass is 9.94. The molecule has 0 radical (unpaired) electrons. The van der Waals surface area contributed by atoms with Crippen molar-refractivity contribution < 1.29 is 14.6 Å². The number of carbonyl (C=O) groups excluding carboxylic acids is 1. The predicted octanol–water partition coefficient (Wildman–Crippen LogP) is 3.00. The molecule has 2 aromatic rings. The summed E-state index contributed by atoms with van der Waals surface area (Å²) < 4.78 is 4.94. The Balaban J connectivity index is 1.97. The molecule has 2 heterocycles. The summed E-state index contributed by atoms with van der Waals surface area (Å²) in [5.41, 5.74) is 3.55. The number of methoxy groups -OCH3 is 1. The van der Waals surface area contributed by atoms with Gasteiger partial charge >= 0.3 is 6.09 Å². The van der Waals surface area contributed by atoms with Gasteiger partial charge in [0.25, 0.3) is 0 Å². The van der Waals surface area contributed by atoms with E-state index in [2.05, 4.69) is 17.1 Å². The Bertz CT molecular complexity index is 665. The highest BCUT2D eigenvalue weighted by molar-refractivity contribution is 5.85. The highest BCUT2D eigenvalue weighted by Gasteiger charge is 2.33. The van der Waals surface area contributed by atoms with Gasteiger partial charge in [-0.3, -0.25) is 4.90 Å². The van der Waals surface area contributed by atoms with Crippen molar-refractivity contribution in [3.05, 3.63) is 35.5 Å². The molecule has 0 aliphatic carbocycles. The van der Waals surface area contributed by atoms with Gasteiger partial charge in [0.1, 0.15) is 0 Å². The molecular formula is C17H22N2O3. The predicted molar refractivity (Wildman–Crippen MR) is 84.8 cm³/mol. The summed E-state index contributed by atoms with van der Waals surface area (Å²) in [6.45, 7) is 0.857. The molecule has 2 N–H and O–H groups in total. The Labute approximate surface area is 129 Å². The minimum atomic E-state index is -0.279. The molecule has 1 aromatic carbocycles. The molecule has 1 aliphatic rings. The quantitative estimate of drug-likeness (QED) is 0.853. The zero-order valence-electron chi connectivity index (χ0n) is 12.8. The SMILES string of the molecule is COC(=O)N1CCc2c([nH]c3ccccc23)[C@@H]1CCCCO. The summed E-state index contributed by atoms with van der Waals surface area (Å²) in [5, 5.41) is 10.3. The maximum atomic E-state index is 12.1. The maximum Gasteiger partial charge on any atom is 0.410 e. The molecule has 5 heteroatoms. The Hall–Kier alpha value is -2.01. The van der Waals surface area contributed by atoms with Crippen LogP contribution in [0.2, 0.25) is 0 Å². The molecular weight excluding hydrogens is 280 g/mol. The van der Waals surface area contributed by atoms with E-state index in [0.29, 0.717) is 6.54 Å². The number of nitrogens with zero attached hydrogens (tertiary/aromatic N) is 1. The van der Waals surface area contributed by atoms with Gasteiger partial charge in [0.2, 0.25) is 0 Å². The number of aliphatic hydroxyl groups is 1. The van der Waals surface area contributed by atoms with Crippen molar-refractivity contribution in [3.63, 3.8) is 0 Å². The summed E-state index contributed by atoms with van der Waals surface area (Å²) in [4.78, 5) is 17.4. The summed E-state index contributed by atoms with van der Waals surface area (Å²) in [7, 11) is 1.42. The highest BCUT2D eigenvalue weighted by atomic mass is 16.5. The molecule has 5 nitrogen and oxygen atoms in total. The van der Waals surface area contributed by atoms with Crippen molar-refractivity contribution in [1.29, 1.82) is 0 Å². The second-order valence-corrected chi connectivity index (χ2v) is 5.71. The van der Waals surface area contributed by atoms with Gasteiger partial charge in [-0.25, -0.2) is 4.79 Å². The third-order valence-electron chi connectivity index (χ3n) is 4.45. The number of unbranched alkanes of at least 4 members (excludes halogenated alkanes) is 1. The number of ether oxygens (including phenoxy) is 1. The number of hydrogen-bond donors (Lipinski definition) is 2. The van der Waals surface area contributed by atoms with E-state index in [9.17, 15) is 4.79 Å². The van der Waals surface area contributed by atoms with Crippen molar-refractivity contribution in [2.75, 3.05) is 20.3 Å². The van der Waals surface area contributed by atoms with Gasteiger partial charge in [-0.15, -0.1) is 0 Å². The van der Waals surface area contributed by atoms with E-state index in [0.717, 1.165) is 36.9 Å². The normalized spacial score (nSPS) is 17.5. The molecule has 118 valence electrons. The number of amides is 1. The molecule has 0 spiro atoms. The van der Waals surface area contributed by atoms with Crippen LogP contribution in [0.5, 0.6) is 0 Å². The van der Waals surface area contributed by atoms with Gasteiger partial charge in [-0.2, -0.15) is 0 Å². The average molecular weight is 302 g/mol. The van der Waals surface area contributed by atoms with Crippen molar-refractivity contribution in [2.45, 2.75) is 31.7 Å². The standard InChI is InChI=1S/C17H22N2O3/c1-22-17(21)19-10-9-13-12-6-2-3-7-14(12)18-16(13)15(19)8-4-5-11-20/h2-3,6-7,15,18,20H,4-5,8-11H2,1H3/t15-/m0/s1. The fraction of sp³-hybridized carbons (Fsp3) is 0.471. The summed E-state index contributed by atoms with van der Waals surface area (Å²) in [6, 6.07) is 8.26. The Kier molecular flexibility index (Phi) is 4.34. The molecule has 0 bridgehead atoms. The highest BCUT2D eigenvalue weighted by Crippen LogP contribution is 2.37. The molecule has 22 heavy (non-hydrogen) atoms. The first-order chi connectivity index (χ1) is 10.8. The molecule has 3 rings (SSSR count). The van der Waals surface area contributed by atoms with Crippen LogP contribution in [0, 0.1) is 0 Å². The molecule has 0 unspecified atom stereocenters. The number of nitrogens with one attached hydrogen (secondary N) is 1. The fourth-order valence-electron chi connectivity index (χ4n) is 3.40. The van der Waals surface area contributed by atoms with E-state index < -0.39 is 0 Å². The zero-order chi connectivity index (χ0) is 15.5. The van der Waals surface area contributed by atoms with Gasteiger partial charge < -0.3 is 14.8 Å². The van der Waals surface area contributed by atoms with Crippen LogP contribution >= 0.6 is 0 Å². The molecule has 0 saturated carbocycles. The van der Waals surface area contributed by atoms with E-state index >= 15 is 0 Å². The number of H-pyrrole nitrogens is 1. The summed E-state index contributed by atoms with van der Waals surface area (Å²) >= 11 is 0. The van der Waals surface area contributed by atoms with Gasteiger partial charge in [0.15, 0.2) is 0 Å². The van der Waals surface area contributed by atoms with E-state index in [-0.39, 0.29) is 18.7 Å². The Morgan fingerprint density at radius 3 is 3.00 bits per heavy atom. The first-order valence-corrected chi connectivity index (χ1v) is 7.81. The maximum absolute atomic E-state index is 12.1. The number of aromatic nitrogens is 1. The number of hydrogen-bond acceptors (Lipinski definition) is 3. The lowest BCUT2D eigenvalue weighted by Gasteiger charge is -2.34. The van der Waals surface area contributed by atoms with Gasteiger partial charge in [0.05, 0.1) is 13.2 Å². The third-order valence-corrected chi connectivity index (χ3v) is 4.45. The van der Waals surface area contributed by atoms with Crippen LogP contribution in [0.15, 0.2) is 24.3 Å². The minimum absolute atomic E-state index is 0.00449. The number of para-hydroxylation sites is 1. The first kappa shape index (κ1) is 14.9. The van der Waals surface area contributed by atoms with Crippen molar-refractivity contribution in [2.24, 2.45) is 0 Å². The topological polar surface area (TPSA) is 65.6 Å². The number of aromatic amines is 1. The average Bonchev–Trinajstić information content (AvgIpc) is 2.93. The summed E-state index contributed by atoms with van der Waals surface area (Å²) in [6.07, 6.45) is 3.02. The van der Waals surface area contributed by atoms with Crippen LogP contribution in [0.1, 0.15) is 36.6 Å². The smallest absolute Gasteiger partial charge is 0.410 e. The van der Waals surface area contributed by atoms with Gasteiger partial charge in [0, 0.05) is 29.7 Å². The van der Waals surface area contributed by atoms with Gasteiger partial charge in [-0.1, -0.05) is 18.2 Å². The van der Waals surface area contributed by atoms with Crippen LogP contribution < -0.4 is 0 Å². The molecule has 1 amide bonds. The van der Waals surface area contributed by atoms with Crippen LogP contribution in [-0.2, 0) is 11.2 Å². The van der Waals surface area contributed by atoms with E-state index in [1.165, 1.54) is 18.1 Å². The fourth-order valence-corrected chi connectivity index (χ4v) is 3.40. The molecule has 0 fully saturated rings. The van der Waals surface area contributed by atoms with Crippen LogP contribution in [0.4, 0.5) is 4.79 Å². The Morgan fingerprint density at radius 1 is 1.41 bits per heavy atom. The van der Waals surface area contributed by atoms with Crippen LogP contribution in [0.25, 0.3) is 10.9 Å². The number of rotatable bonds is 4. The second kappa shape index (κ2) is 6.40. The lowest BCUT2D eigenvalue weighted by molar-refractivity contribution is 0.0962.